The Balaban J connectivity index is 1.73. The fraction of sp³-hybridized carbons (Fsp3) is 0.333. The molecule has 0 saturated carbocycles. The average Bonchev–Trinajstić information content (AvgIpc) is 2.67. The van der Waals surface area contributed by atoms with Gasteiger partial charge in [-0.05, 0) is 29.8 Å². The van der Waals surface area contributed by atoms with E-state index in [0.717, 1.165) is 11.3 Å². The summed E-state index contributed by atoms with van der Waals surface area (Å²) in [5.74, 6) is 1.07. The van der Waals surface area contributed by atoms with Crippen LogP contribution in [-0.4, -0.2) is 25.5 Å². The number of carbonyl (C=O) groups is 2. The summed E-state index contributed by atoms with van der Waals surface area (Å²) in [7, 11) is 1.58. The van der Waals surface area contributed by atoms with Gasteiger partial charge in [-0.25, -0.2) is 0 Å². The van der Waals surface area contributed by atoms with E-state index in [1.54, 1.807) is 13.2 Å². The van der Waals surface area contributed by atoms with Crippen molar-refractivity contribution in [1.82, 2.24) is 5.32 Å². The van der Waals surface area contributed by atoms with E-state index in [9.17, 15) is 9.59 Å². The second-order valence-electron chi connectivity index (χ2n) is 6.37. The quantitative estimate of drug-likeness (QED) is 0.709. The molecule has 27 heavy (non-hydrogen) atoms. The highest BCUT2D eigenvalue weighted by Gasteiger charge is 2.08. The Morgan fingerprint density at radius 2 is 1.67 bits per heavy atom. The molecule has 2 N–H and O–H groups in total. The molecule has 0 bridgehead atoms. The van der Waals surface area contributed by atoms with Crippen LogP contribution in [0.3, 0.4) is 0 Å². The maximum atomic E-state index is 12.0. The summed E-state index contributed by atoms with van der Waals surface area (Å²) in [5.41, 5.74) is 1.70. The molecule has 2 aromatic rings. The minimum Gasteiger partial charge on any atom is -0.493 e. The van der Waals surface area contributed by atoms with E-state index in [-0.39, 0.29) is 30.8 Å². The number of hydrogen-bond donors (Lipinski definition) is 2. The highest BCUT2D eigenvalue weighted by molar-refractivity contribution is 5.92. The van der Waals surface area contributed by atoms with Crippen molar-refractivity contribution in [3.8, 4) is 11.5 Å². The largest absolute Gasteiger partial charge is 0.493 e. The third-order valence-electron chi connectivity index (χ3n) is 3.89. The Morgan fingerprint density at radius 1 is 1.00 bits per heavy atom. The van der Waals surface area contributed by atoms with E-state index in [4.69, 9.17) is 9.47 Å². The number of anilines is 1. The second kappa shape index (κ2) is 10.2. The van der Waals surface area contributed by atoms with E-state index in [1.807, 2.05) is 56.3 Å². The minimum absolute atomic E-state index is 0.0221. The molecule has 0 unspecified atom stereocenters. The SMILES string of the molecule is COc1ccccc1OCCC(=O)NCc1ccc(NC(=O)C(C)C)cc1. The van der Waals surface area contributed by atoms with Crippen LogP contribution < -0.4 is 20.1 Å². The lowest BCUT2D eigenvalue weighted by Crippen LogP contribution is -2.24. The Morgan fingerprint density at radius 3 is 2.30 bits per heavy atom. The van der Waals surface area contributed by atoms with Gasteiger partial charge in [0.05, 0.1) is 20.1 Å². The Kier molecular flexibility index (Phi) is 7.67. The summed E-state index contributed by atoms with van der Waals surface area (Å²) in [6.07, 6.45) is 0.251. The summed E-state index contributed by atoms with van der Waals surface area (Å²) in [5, 5.41) is 5.69. The summed E-state index contributed by atoms with van der Waals surface area (Å²) in [6, 6.07) is 14.7. The van der Waals surface area contributed by atoms with Crippen LogP contribution >= 0.6 is 0 Å². The van der Waals surface area contributed by atoms with Gasteiger partial charge in [-0.2, -0.15) is 0 Å². The molecule has 6 nitrogen and oxygen atoms in total. The molecule has 2 rings (SSSR count). The topological polar surface area (TPSA) is 76.7 Å². The molecule has 0 spiro atoms. The van der Waals surface area contributed by atoms with Crippen LogP contribution in [0.5, 0.6) is 11.5 Å². The van der Waals surface area contributed by atoms with Gasteiger partial charge in [0.2, 0.25) is 11.8 Å². The van der Waals surface area contributed by atoms with Crippen LogP contribution in [0.2, 0.25) is 0 Å². The van der Waals surface area contributed by atoms with Crippen molar-refractivity contribution in [2.24, 2.45) is 5.92 Å². The summed E-state index contributed by atoms with van der Waals surface area (Å²) in [4.78, 5) is 23.6. The molecule has 0 aliphatic heterocycles. The summed E-state index contributed by atoms with van der Waals surface area (Å²) >= 11 is 0. The zero-order chi connectivity index (χ0) is 19.6. The second-order valence-corrected chi connectivity index (χ2v) is 6.37. The van der Waals surface area contributed by atoms with Gasteiger partial charge in [-0.15, -0.1) is 0 Å². The van der Waals surface area contributed by atoms with E-state index in [0.29, 0.717) is 18.0 Å². The lowest BCUT2D eigenvalue weighted by molar-refractivity contribution is -0.121. The minimum atomic E-state index is -0.0953. The monoisotopic (exact) mass is 370 g/mol. The molecule has 0 aliphatic carbocycles. The summed E-state index contributed by atoms with van der Waals surface area (Å²) < 4.78 is 10.8. The van der Waals surface area contributed by atoms with Crippen molar-refractivity contribution >= 4 is 17.5 Å². The number of benzene rings is 2. The number of methoxy groups -OCH3 is 1. The van der Waals surface area contributed by atoms with Crippen LogP contribution in [0.25, 0.3) is 0 Å². The first-order valence-electron chi connectivity index (χ1n) is 8.92. The summed E-state index contributed by atoms with van der Waals surface area (Å²) in [6.45, 7) is 4.38. The first-order chi connectivity index (χ1) is 13.0. The lowest BCUT2D eigenvalue weighted by Gasteiger charge is -2.11. The van der Waals surface area contributed by atoms with E-state index in [2.05, 4.69) is 10.6 Å². The van der Waals surface area contributed by atoms with Gasteiger partial charge in [0.1, 0.15) is 0 Å². The van der Waals surface area contributed by atoms with Crippen LogP contribution in [0.1, 0.15) is 25.8 Å². The van der Waals surface area contributed by atoms with Gasteiger partial charge in [-0.3, -0.25) is 9.59 Å². The highest BCUT2D eigenvalue weighted by Crippen LogP contribution is 2.25. The first kappa shape index (κ1) is 20.3. The van der Waals surface area contributed by atoms with Gasteiger partial charge in [0.15, 0.2) is 11.5 Å². The number of rotatable bonds is 9. The van der Waals surface area contributed by atoms with Crippen LogP contribution in [0.15, 0.2) is 48.5 Å². The van der Waals surface area contributed by atoms with E-state index >= 15 is 0 Å². The van der Waals surface area contributed by atoms with E-state index < -0.39 is 0 Å². The van der Waals surface area contributed by atoms with Gasteiger partial charge in [0, 0.05) is 18.2 Å². The Bertz CT molecular complexity index is 757. The normalized spacial score (nSPS) is 10.4. The molecule has 0 aliphatic rings. The molecule has 144 valence electrons. The molecule has 0 fully saturated rings. The first-order valence-corrected chi connectivity index (χ1v) is 8.92. The van der Waals surface area contributed by atoms with Crippen molar-refractivity contribution in [3.63, 3.8) is 0 Å². The zero-order valence-corrected chi connectivity index (χ0v) is 16.0. The van der Waals surface area contributed by atoms with Crippen molar-refractivity contribution in [3.05, 3.63) is 54.1 Å². The van der Waals surface area contributed by atoms with Gasteiger partial charge in [0.25, 0.3) is 0 Å². The molecule has 0 radical (unpaired) electrons. The van der Waals surface area contributed by atoms with Crippen molar-refractivity contribution in [2.75, 3.05) is 19.0 Å². The fourth-order valence-electron chi connectivity index (χ4n) is 2.27. The predicted octanol–water partition coefficient (Wildman–Crippen LogP) is 3.38. The molecule has 0 aromatic heterocycles. The lowest BCUT2D eigenvalue weighted by atomic mass is 10.1. The number of hydrogen-bond acceptors (Lipinski definition) is 4. The predicted molar refractivity (Wildman–Crippen MR) is 105 cm³/mol. The maximum absolute atomic E-state index is 12.0. The van der Waals surface area contributed by atoms with Gasteiger partial charge < -0.3 is 20.1 Å². The maximum Gasteiger partial charge on any atom is 0.226 e. The Hall–Kier alpha value is -3.02. The number of nitrogens with one attached hydrogen (secondary N) is 2. The molecule has 2 amide bonds. The number of amides is 2. The van der Waals surface area contributed by atoms with Crippen LogP contribution in [0, 0.1) is 5.92 Å². The molecular formula is C21H26N2O4. The third kappa shape index (κ3) is 6.66. The number of carbonyl (C=O) groups excluding carboxylic acids is 2. The molecule has 0 saturated heterocycles. The number of ether oxygens (including phenoxy) is 2. The Labute approximate surface area is 159 Å². The third-order valence-corrected chi connectivity index (χ3v) is 3.89. The van der Waals surface area contributed by atoms with Crippen molar-refractivity contribution in [2.45, 2.75) is 26.8 Å². The average molecular weight is 370 g/mol. The van der Waals surface area contributed by atoms with Gasteiger partial charge in [-0.1, -0.05) is 38.1 Å². The molecule has 6 heteroatoms. The van der Waals surface area contributed by atoms with Crippen molar-refractivity contribution < 1.29 is 19.1 Å². The highest BCUT2D eigenvalue weighted by atomic mass is 16.5. The molecule has 0 atom stereocenters. The van der Waals surface area contributed by atoms with E-state index in [1.165, 1.54) is 0 Å². The standard InChI is InChI=1S/C21H26N2O4/c1-15(2)21(25)23-17-10-8-16(9-11-17)14-22-20(24)12-13-27-19-7-5-4-6-18(19)26-3/h4-11,15H,12-14H2,1-3H3,(H,22,24)(H,23,25). The van der Waals surface area contributed by atoms with Gasteiger partial charge >= 0.3 is 0 Å². The molecule has 2 aromatic carbocycles. The zero-order valence-electron chi connectivity index (χ0n) is 16.0. The van der Waals surface area contributed by atoms with Crippen LogP contribution in [0.4, 0.5) is 5.69 Å². The molecule has 0 heterocycles. The molecular weight excluding hydrogens is 344 g/mol. The number of para-hydroxylation sites is 2. The van der Waals surface area contributed by atoms with Crippen molar-refractivity contribution in [1.29, 1.82) is 0 Å². The fourth-order valence-corrected chi connectivity index (χ4v) is 2.27. The van der Waals surface area contributed by atoms with Crippen LogP contribution in [-0.2, 0) is 16.1 Å². The smallest absolute Gasteiger partial charge is 0.226 e.